The molecule has 5 heteroatoms. The van der Waals surface area contributed by atoms with Gasteiger partial charge >= 0.3 is 0 Å². The Hall–Kier alpha value is -1.20. The topological polar surface area (TPSA) is 61.4 Å². The van der Waals surface area contributed by atoms with E-state index in [0.717, 1.165) is 71.1 Å². The summed E-state index contributed by atoms with van der Waals surface area (Å²) in [6, 6.07) is 0.370. The van der Waals surface area contributed by atoms with Gasteiger partial charge in [0.05, 0.1) is 0 Å². The third kappa shape index (κ3) is 7.58. The fourth-order valence-corrected chi connectivity index (χ4v) is 3.95. The van der Waals surface area contributed by atoms with E-state index in [9.17, 15) is 9.59 Å². The zero-order valence-corrected chi connectivity index (χ0v) is 16.5. The van der Waals surface area contributed by atoms with Crippen LogP contribution in [0.25, 0.3) is 0 Å². The number of carbonyl (C=O) groups is 2. The van der Waals surface area contributed by atoms with Gasteiger partial charge in [0, 0.05) is 44.4 Å². The summed E-state index contributed by atoms with van der Waals surface area (Å²) in [5.41, 5.74) is 0. The van der Waals surface area contributed by atoms with Gasteiger partial charge in [0.25, 0.3) is 0 Å². The van der Waals surface area contributed by atoms with Gasteiger partial charge < -0.3 is 10.6 Å². The van der Waals surface area contributed by atoms with E-state index in [1.807, 2.05) is 0 Å². The SMILES string of the molecule is CCCCCC(=O)C[C@@H]1C=CC[C@H]2CC(=O)NCCCCNCCCN21. The summed E-state index contributed by atoms with van der Waals surface area (Å²) in [6.07, 6.45) is 13.6. The standard InChI is InChI=1S/C21H37N3O2/c1-2-3-4-11-20(25)16-18-9-7-10-19-17-21(26)23-14-6-5-12-22-13-8-15-24(18)19/h7,9,18-19,22H,2-6,8,10-17H2,1H3,(H,23,26)/t18-,19-/m0/s1. The Morgan fingerprint density at radius 1 is 1.19 bits per heavy atom. The number of hydrogen-bond acceptors (Lipinski definition) is 4. The van der Waals surface area contributed by atoms with Crippen molar-refractivity contribution in [2.24, 2.45) is 0 Å². The minimum absolute atomic E-state index is 0.149. The number of amides is 1. The summed E-state index contributed by atoms with van der Waals surface area (Å²) in [5.74, 6) is 0.509. The third-order valence-electron chi connectivity index (χ3n) is 5.45. The molecule has 0 aromatic heterocycles. The van der Waals surface area contributed by atoms with Gasteiger partial charge in [-0.15, -0.1) is 0 Å². The van der Waals surface area contributed by atoms with Crippen LogP contribution in [-0.4, -0.2) is 54.9 Å². The predicted molar refractivity (Wildman–Crippen MR) is 106 cm³/mol. The van der Waals surface area contributed by atoms with E-state index in [4.69, 9.17) is 0 Å². The molecule has 2 N–H and O–H groups in total. The first kappa shape index (κ1) is 21.1. The minimum Gasteiger partial charge on any atom is -0.356 e. The maximum atomic E-state index is 12.4. The van der Waals surface area contributed by atoms with Gasteiger partial charge in [0.15, 0.2) is 0 Å². The van der Waals surface area contributed by atoms with E-state index in [2.05, 4.69) is 34.6 Å². The number of ketones is 1. The van der Waals surface area contributed by atoms with Gasteiger partial charge in [0.1, 0.15) is 5.78 Å². The molecule has 2 rings (SSSR count). The van der Waals surface area contributed by atoms with Crippen molar-refractivity contribution in [2.45, 2.75) is 83.2 Å². The molecule has 5 nitrogen and oxygen atoms in total. The molecule has 0 unspecified atom stereocenters. The summed E-state index contributed by atoms with van der Waals surface area (Å²) in [6.45, 7) is 5.89. The Morgan fingerprint density at radius 2 is 2.00 bits per heavy atom. The third-order valence-corrected chi connectivity index (χ3v) is 5.45. The lowest BCUT2D eigenvalue weighted by atomic mass is 9.94. The van der Waals surface area contributed by atoms with Crippen LogP contribution in [0.1, 0.15) is 71.1 Å². The normalized spacial score (nSPS) is 26.1. The molecule has 26 heavy (non-hydrogen) atoms. The molecule has 148 valence electrons. The van der Waals surface area contributed by atoms with Gasteiger partial charge in [-0.1, -0.05) is 31.9 Å². The first-order valence-corrected chi connectivity index (χ1v) is 10.6. The number of hydrogen-bond donors (Lipinski definition) is 2. The zero-order chi connectivity index (χ0) is 18.6. The molecule has 0 aromatic rings. The number of Topliss-reactive ketones (excluding diaryl/α,β-unsaturated/α-hetero) is 1. The Labute approximate surface area is 159 Å². The monoisotopic (exact) mass is 363 g/mol. The van der Waals surface area contributed by atoms with Gasteiger partial charge in [-0.05, 0) is 45.2 Å². The molecule has 0 aromatic carbocycles. The van der Waals surface area contributed by atoms with Crippen molar-refractivity contribution in [3.63, 3.8) is 0 Å². The number of nitrogens with one attached hydrogen (secondary N) is 2. The molecule has 1 fully saturated rings. The van der Waals surface area contributed by atoms with E-state index in [1.54, 1.807) is 0 Å². The minimum atomic E-state index is 0.149. The second-order valence-corrected chi connectivity index (χ2v) is 7.69. The van der Waals surface area contributed by atoms with Crippen LogP contribution in [0.5, 0.6) is 0 Å². The molecule has 1 amide bonds. The Morgan fingerprint density at radius 3 is 2.85 bits per heavy atom. The average Bonchev–Trinajstić information content (AvgIpc) is 2.63. The van der Waals surface area contributed by atoms with Crippen LogP contribution in [0.3, 0.4) is 0 Å². The van der Waals surface area contributed by atoms with Crippen LogP contribution in [0.15, 0.2) is 12.2 Å². The van der Waals surface area contributed by atoms with E-state index in [-0.39, 0.29) is 18.0 Å². The predicted octanol–water partition coefficient (Wildman–Crippen LogP) is 2.80. The lowest BCUT2D eigenvalue weighted by molar-refractivity contribution is -0.122. The van der Waals surface area contributed by atoms with Crippen molar-refractivity contribution in [3.8, 4) is 0 Å². The highest BCUT2D eigenvalue weighted by Gasteiger charge is 2.29. The maximum absolute atomic E-state index is 12.4. The molecule has 2 heterocycles. The van der Waals surface area contributed by atoms with Crippen LogP contribution < -0.4 is 10.6 Å². The fraction of sp³-hybridized carbons (Fsp3) is 0.810. The smallest absolute Gasteiger partial charge is 0.221 e. The number of fused-ring (bicyclic) bond motifs is 1. The highest BCUT2D eigenvalue weighted by atomic mass is 16.1. The Kier molecular flexibility index (Phi) is 9.93. The van der Waals surface area contributed by atoms with Crippen molar-refractivity contribution in [2.75, 3.05) is 26.2 Å². The van der Waals surface area contributed by atoms with Gasteiger partial charge in [0.2, 0.25) is 5.91 Å². The molecule has 0 radical (unpaired) electrons. The number of rotatable bonds is 6. The number of nitrogens with zero attached hydrogens (tertiary/aromatic N) is 1. The second-order valence-electron chi connectivity index (χ2n) is 7.69. The van der Waals surface area contributed by atoms with Crippen molar-refractivity contribution >= 4 is 11.7 Å². The van der Waals surface area contributed by atoms with E-state index in [1.165, 1.54) is 0 Å². The largest absolute Gasteiger partial charge is 0.356 e. The lowest BCUT2D eigenvalue weighted by Gasteiger charge is -2.39. The molecule has 2 aliphatic rings. The highest BCUT2D eigenvalue weighted by Crippen LogP contribution is 2.23. The maximum Gasteiger partial charge on any atom is 0.221 e. The Bertz CT molecular complexity index is 464. The van der Waals surface area contributed by atoms with Gasteiger partial charge in [-0.3, -0.25) is 14.5 Å². The quantitative estimate of drug-likeness (QED) is 0.563. The molecule has 0 saturated carbocycles. The highest BCUT2D eigenvalue weighted by molar-refractivity contribution is 5.79. The van der Waals surface area contributed by atoms with Crippen LogP contribution >= 0.6 is 0 Å². The van der Waals surface area contributed by atoms with E-state index in [0.29, 0.717) is 25.0 Å². The van der Waals surface area contributed by atoms with Crippen molar-refractivity contribution in [3.05, 3.63) is 12.2 Å². The van der Waals surface area contributed by atoms with Gasteiger partial charge in [-0.2, -0.15) is 0 Å². The average molecular weight is 364 g/mol. The molecule has 1 saturated heterocycles. The summed E-state index contributed by atoms with van der Waals surface area (Å²) in [5, 5.41) is 6.56. The summed E-state index contributed by atoms with van der Waals surface area (Å²) < 4.78 is 0. The number of unbranched alkanes of at least 4 members (excludes halogenated alkanes) is 2. The van der Waals surface area contributed by atoms with Crippen LogP contribution in [0.2, 0.25) is 0 Å². The summed E-state index contributed by atoms with van der Waals surface area (Å²) in [4.78, 5) is 27.1. The van der Waals surface area contributed by atoms with E-state index >= 15 is 0 Å². The Balaban J connectivity index is 1.97. The van der Waals surface area contributed by atoms with Crippen molar-refractivity contribution in [1.29, 1.82) is 0 Å². The van der Waals surface area contributed by atoms with Crippen molar-refractivity contribution in [1.82, 2.24) is 15.5 Å². The molecule has 2 aliphatic heterocycles. The second kappa shape index (κ2) is 12.2. The van der Waals surface area contributed by atoms with Crippen molar-refractivity contribution < 1.29 is 9.59 Å². The molecule has 0 bridgehead atoms. The molecular formula is C21H37N3O2. The van der Waals surface area contributed by atoms with E-state index < -0.39 is 0 Å². The van der Waals surface area contributed by atoms with Crippen LogP contribution in [0.4, 0.5) is 0 Å². The molecular weight excluding hydrogens is 326 g/mol. The molecule has 0 spiro atoms. The van der Waals surface area contributed by atoms with Crippen LogP contribution in [-0.2, 0) is 9.59 Å². The fourth-order valence-electron chi connectivity index (χ4n) is 3.95. The first-order valence-electron chi connectivity index (χ1n) is 10.6. The van der Waals surface area contributed by atoms with Gasteiger partial charge in [-0.25, -0.2) is 0 Å². The summed E-state index contributed by atoms with van der Waals surface area (Å²) >= 11 is 0. The summed E-state index contributed by atoms with van der Waals surface area (Å²) in [7, 11) is 0. The van der Waals surface area contributed by atoms with Crippen LogP contribution in [0, 0.1) is 0 Å². The molecule has 2 atom stereocenters. The first-order chi connectivity index (χ1) is 12.7. The zero-order valence-electron chi connectivity index (χ0n) is 16.5. The molecule has 0 aliphatic carbocycles. The number of carbonyl (C=O) groups excluding carboxylic acids is 2. The lowest BCUT2D eigenvalue weighted by Crippen LogP contribution is -2.48.